The minimum Gasteiger partial charge on any atom is -1.00 e. The summed E-state index contributed by atoms with van der Waals surface area (Å²) in [6, 6.07) is 0. The first-order valence-electron chi connectivity index (χ1n) is 12.1. The largest absolute Gasteiger partial charge is 1.00 e. The Morgan fingerprint density at radius 2 is 0.654 bits per heavy atom. The van der Waals surface area contributed by atoms with Crippen molar-refractivity contribution in [2.24, 2.45) is 0 Å². The maximum absolute atomic E-state index is 2.42. The number of halogens is 1. The number of hydrogen-bond acceptors (Lipinski definition) is 0. The molecule has 0 unspecified atom stereocenters. The van der Waals surface area contributed by atoms with Crippen molar-refractivity contribution in [3.63, 3.8) is 0 Å². The third kappa shape index (κ3) is 16.8. The van der Waals surface area contributed by atoms with Gasteiger partial charge in [-0.3, -0.25) is 0 Å². The second-order valence-electron chi connectivity index (χ2n) is 8.37. The zero-order chi connectivity index (χ0) is 18.6. The number of hydrogen-bond donors (Lipinski definition) is 0. The van der Waals surface area contributed by atoms with Crippen LogP contribution in [-0.4, -0.2) is 30.7 Å². The first kappa shape index (κ1) is 28.9. The summed E-state index contributed by atoms with van der Waals surface area (Å²) in [7, 11) is 0. The Bertz CT molecular complexity index is 229. The second-order valence-corrected chi connectivity index (χ2v) is 8.37. The highest BCUT2D eigenvalue weighted by molar-refractivity contribution is 4.50. The number of rotatable bonds is 20. The molecular weight excluding hydrogens is 429 g/mol. The summed E-state index contributed by atoms with van der Waals surface area (Å²) in [5.74, 6) is 0. The predicted octanol–water partition coefficient (Wildman–Crippen LogP) is 5.13. The van der Waals surface area contributed by atoms with E-state index >= 15 is 0 Å². The van der Waals surface area contributed by atoms with Crippen LogP contribution in [0.5, 0.6) is 0 Å². The van der Waals surface area contributed by atoms with Crippen LogP contribution in [0.25, 0.3) is 0 Å². The molecular formula is C24H52IN. The summed E-state index contributed by atoms with van der Waals surface area (Å²) in [6.07, 6.45) is 23.1. The molecule has 0 aromatic rings. The van der Waals surface area contributed by atoms with E-state index in [1.807, 2.05) is 0 Å². The fraction of sp³-hybridized carbons (Fsp3) is 1.00. The molecule has 0 aromatic carbocycles. The van der Waals surface area contributed by atoms with E-state index in [4.69, 9.17) is 0 Å². The summed E-state index contributed by atoms with van der Waals surface area (Å²) in [4.78, 5) is 0. The van der Waals surface area contributed by atoms with Crippen molar-refractivity contribution in [3.05, 3.63) is 0 Å². The summed E-state index contributed by atoms with van der Waals surface area (Å²) in [5.41, 5.74) is 0. The van der Waals surface area contributed by atoms with Gasteiger partial charge in [-0.15, -0.1) is 0 Å². The average molecular weight is 482 g/mol. The summed E-state index contributed by atoms with van der Waals surface area (Å²) < 4.78 is 1.38. The van der Waals surface area contributed by atoms with Crippen LogP contribution in [0.3, 0.4) is 0 Å². The molecule has 0 rings (SSSR count). The molecule has 0 amide bonds. The highest BCUT2D eigenvalue weighted by Gasteiger charge is 2.21. The van der Waals surface area contributed by atoms with Crippen LogP contribution in [0.15, 0.2) is 0 Å². The lowest BCUT2D eigenvalue weighted by Crippen LogP contribution is -3.00. The Morgan fingerprint density at radius 1 is 0.385 bits per heavy atom. The minimum absolute atomic E-state index is 0. The van der Waals surface area contributed by atoms with Gasteiger partial charge in [-0.2, -0.15) is 0 Å². The maximum Gasteiger partial charge on any atom is 0.0786 e. The van der Waals surface area contributed by atoms with Crippen LogP contribution in [0.2, 0.25) is 0 Å². The predicted molar refractivity (Wildman–Crippen MR) is 116 cm³/mol. The monoisotopic (exact) mass is 481 g/mol. The molecule has 0 aliphatic rings. The molecule has 0 bridgehead atoms. The fourth-order valence-corrected chi connectivity index (χ4v) is 4.13. The van der Waals surface area contributed by atoms with Crippen LogP contribution in [0.1, 0.15) is 130 Å². The van der Waals surface area contributed by atoms with Gasteiger partial charge in [-0.25, -0.2) is 0 Å². The summed E-state index contributed by atoms with van der Waals surface area (Å²) >= 11 is 0. The molecule has 2 heteroatoms. The van der Waals surface area contributed by atoms with Crippen LogP contribution in [0, 0.1) is 0 Å². The van der Waals surface area contributed by atoms with Crippen molar-refractivity contribution in [1.29, 1.82) is 0 Å². The first-order valence-corrected chi connectivity index (χ1v) is 12.1. The van der Waals surface area contributed by atoms with Crippen molar-refractivity contribution in [3.8, 4) is 0 Å². The SMILES string of the molecule is CCCCCCCCCC[N+](CC)(CC)CCCCCCCCCC.[I-]. The van der Waals surface area contributed by atoms with Crippen molar-refractivity contribution >= 4 is 0 Å². The quantitative estimate of drug-likeness (QED) is 0.129. The van der Waals surface area contributed by atoms with E-state index in [0.717, 1.165) is 0 Å². The zero-order valence-corrected chi connectivity index (χ0v) is 21.1. The van der Waals surface area contributed by atoms with Crippen molar-refractivity contribution in [2.45, 2.75) is 130 Å². The molecule has 0 N–H and O–H groups in total. The molecule has 0 spiro atoms. The molecule has 160 valence electrons. The minimum atomic E-state index is 0. The van der Waals surface area contributed by atoms with Gasteiger partial charge in [0.25, 0.3) is 0 Å². The third-order valence-electron chi connectivity index (χ3n) is 6.31. The number of quaternary nitrogens is 1. The van der Waals surface area contributed by atoms with E-state index in [1.165, 1.54) is 133 Å². The third-order valence-corrected chi connectivity index (χ3v) is 6.31. The van der Waals surface area contributed by atoms with Gasteiger partial charge < -0.3 is 28.5 Å². The number of unbranched alkanes of at least 4 members (excludes halogenated alkanes) is 14. The van der Waals surface area contributed by atoms with Gasteiger partial charge in [0.2, 0.25) is 0 Å². The molecule has 0 aliphatic carbocycles. The van der Waals surface area contributed by atoms with Gasteiger partial charge >= 0.3 is 0 Å². The van der Waals surface area contributed by atoms with Gasteiger partial charge in [0, 0.05) is 0 Å². The second kappa shape index (κ2) is 22.0. The zero-order valence-electron chi connectivity index (χ0n) is 19.0. The number of nitrogens with zero attached hydrogens (tertiary/aromatic N) is 1. The molecule has 0 aliphatic heterocycles. The smallest absolute Gasteiger partial charge is 0.0786 e. The Morgan fingerprint density at radius 3 is 0.923 bits per heavy atom. The van der Waals surface area contributed by atoms with Crippen LogP contribution in [0.4, 0.5) is 0 Å². The Hall–Kier alpha value is 0.690. The van der Waals surface area contributed by atoms with Gasteiger partial charge in [-0.1, -0.05) is 90.9 Å². The highest BCUT2D eigenvalue weighted by atomic mass is 127. The average Bonchev–Trinajstić information content (AvgIpc) is 2.64. The van der Waals surface area contributed by atoms with E-state index in [-0.39, 0.29) is 24.0 Å². The molecule has 0 radical (unpaired) electrons. The molecule has 0 fully saturated rings. The van der Waals surface area contributed by atoms with Crippen molar-refractivity contribution < 1.29 is 28.5 Å². The van der Waals surface area contributed by atoms with Crippen LogP contribution < -0.4 is 24.0 Å². The Labute approximate surface area is 184 Å². The van der Waals surface area contributed by atoms with Crippen molar-refractivity contribution in [1.82, 2.24) is 0 Å². The standard InChI is InChI=1S/C24H52N.HI/c1-5-9-11-13-15-17-19-21-23-25(7-3,8-4)24-22-20-18-16-14-12-10-6-2;/h5-24H2,1-4H3;1H/q+1;/p-1. The molecule has 1 nitrogen and oxygen atoms in total. The fourth-order valence-electron chi connectivity index (χ4n) is 4.13. The van der Waals surface area contributed by atoms with E-state index < -0.39 is 0 Å². The molecule has 26 heavy (non-hydrogen) atoms. The van der Waals surface area contributed by atoms with E-state index in [2.05, 4.69) is 27.7 Å². The van der Waals surface area contributed by atoms with Crippen molar-refractivity contribution in [2.75, 3.05) is 26.2 Å². The Kier molecular flexibility index (Phi) is 24.4. The van der Waals surface area contributed by atoms with Gasteiger partial charge in [0.15, 0.2) is 0 Å². The Balaban J connectivity index is 0. The summed E-state index contributed by atoms with van der Waals surface area (Å²) in [5, 5.41) is 0. The highest BCUT2D eigenvalue weighted by Crippen LogP contribution is 2.16. The molecule has 0 heterocycles. The topological polar surface area (TPSA) is 0 Å². The molecule has 0 saturated carbocycles. The van der Waals surface area contributed by atoms with Gasteiger partial charge in [0.05, 0.1) is 26.2 Å². The lowest BCUT2D eigenvalue weighted by molar-refractivity contribution is -0.925. The lowest BCUT2D eigenvalue weighted by atomic mass is 10.1. The van der Waals surface area contributed by atoms with E-state index in [1.54, 1.807) is 0 Å². The molecule has 0 saturated heterocycles. The lowest BCUT2D eigenvalue weighted by Gasteiger charge is -2.37. The van der Waals surface area contributed by atoms with Crippen LogP contribution >= 0.6 is 0 Å². The maximum atomic E-state index is 2.42. The van der Waals surface area contributed by atoms with Gasteiger partial charge in [-0.05, 0) is 39.5 Å². The van der Waals surface area contributed by atoms with Crippen LogP contribution in [-0.2, 0) is 0 Å². The van der Waals surface area contributed by atoms with Gasteiger partial charge in [0.1, 0.15) is 0 Å². The van der Waals surface area contributed by atoms with E-state index in [0.29, 0.717) is 0 Å². The molecule has 0 atom stereocenters. The molecule has 0 aromatic heterocycles. The van der Waals surface area contributed by atoms with E-state index in [9.17, 15) is 0 Å². The normalized spacial score (nSPS) is 11.5. The first-order chi connectivity index (χ1) is 12.2. The summed E-state index contributed by atoms with van der Waals surface area (Å²) in [6.45, 7) is 15.0.